The molecule has 2 aromatic rings. The van der Waals surface area contributed by atoms with Crippen molar-refractivity contribution in [3.05, 3.63) is 41.2 Å². The molecule has 0 aromatic carbocycles. The second-order valence-electron chi connectivity index (χ2n) is 5.18. The molecule has 0 amide bonds. The van der Waals surface area contributed by atoms with Gasteiger partial charge >= 0.3 is 0 Å². The summed E-state index contributed by atoms with van der Waals surface area (Å²) in [6, 6.07) is 2.00. The first-order chi connectivity index (χ1) is 10.1. The van der Waals surface area contributed by atoms with E-state index in [1.54, 1.807) is 6.20 Å². The Hall–Kier alpha value is -2.47. The number of nitrogens with two attached hydrogens (primary N) is 1. The van der Waals surface area contributed by atoms with E-state index >= 15 is 0 Å². The quantitative estimate of drug-likeness (QED) is 0.665. The van der Waals surface area contributed by atoms with Crippen molar-refractivity contribution in [1.29, 1.82) is 0 Å². The van der Waals surface area contributed by atoms with Gasteiger partial charge < -0.3 is 10.5 Å². The van der Waals surface area contributed by atoms with Crippen LogP contribution in [0.1, 0.15) is 18.2 Å². The zero-order valence-electron chi connectivity index (χ0n) is 12.1. The molecule has 6 nitrogen and oxygen atoms in total. The number of aromatic nitrogens is 3. The molecule has 0 radical (unpaired) electrons. The van der Waals surface area contributed by atoms with Crippen LogP contribution in [0.15, 0.2) is 35.0 Å². The highest BCUT2D eigenvalue weighted by molar-refractivity contribution is 6.02. The third kappa shape index (κ3) is 2.45. The molecule has 0 unspecified atom stereocenters. The second kappa shape index (κ2) is 5.14. The van der Waals surface area contributed by atoms with Gasteiger partial charge in [-0.25, -0.2) is 9.98 Å². The minimum atomic E-state index is 0.437. The van der Waals surface area contributed by atoms with Crippen LogP contribution in [0.25, 0.3) is 16.7 Å². The van der Waals surface area contributed by atoms with Crippen molar-refractivity contribution in [2.75, 3.05) is 13.2 Å². The highest BCUT2D eigenvalue weighted by atomic mass is 16.5. The number of aryl methyl sites for hydroxylation is 1. The third-order valence-electron chi connectivity index (χ3n) is 3.47. The minimum Gasteiger partial charge on any atom is -0.383 e. The van der Waals surface area contributed by atoms with Gasteiger partial charge in [0.25, 0.3) is 0 Å². The maximum absolute atomic E-state index is 6.05. The Bertz CT molecular complexity index is 784. The van der Waals surface area contributed by atoms with Crippen LogP contribution in [-0.4, -0.2) is 34.2 Å². The first-order valence-corrected chi connectivity index (χ1v) is 6.67. The summed E-state index contributed by atoms with van der Waals surface area (Å²) in [6.07, 6.45) is 1.79. The van der Waals surface area contributed by atoms with Crippen LogP contribution in [0.3, 0.4) is 0 Å². The number of H-pyrrole nitrogens is 1. The maximum atomic E-state index is 6.05. The molecule has 0 saturated carbocycles. The summed E-state index contributed by atoms with van der Waals surface area (Å²) in [7, 11) is 0. The predicted molar refractivity (Wildman–Crippen MR) is 82.8 cm³/mol. The number of hydrogen-bond donors (Lipinski definition) is 2. The molecule has 21 heavy (non-hydrogen) atoms. The van der Waals surface area contributed by atoms with Gasteiger partial charge in [-0.05, 0) is 31.1 Å². The molecule has 6 heteroatoms. The molecule has 3 rings (SSSR count). The highest BCUT2D eigenvalue weighted by Gasteiger charge is 2.16. The largest absolute Gasteiger partial charge is 0.383 e. The van der Waals surface area contributed by atoms with Crippen LogP contribution in [0, 0.1) is 6.92 Å². The Kier molecular flexibility index (Phi) is 3.31. The van der Waals surface area contributed by atoms with Crippen molar-refractivity contribution in [2.45, 2.75) is 13.8 Å². The Morgan fingerprint density at radius 2 is 2.24 bits per heavy atom. The lowest BCUT2D eigenvalue weighted by atomic mass is 10.1. The number of amidine groups is 1. The molecule has 0 atom stereocenters. The predicted octanol–water partition coefficient (Wildman–Crippen LogP) is 1.94. The molecule has 3 heterocycles. The number of nitrogens with zero attached hydrogens (tertiary/aromatic N) is 3. The van der Waals surface area contributed by atoms with Crippen molar-refractivity contribution in [3.8, 4) is 0 Å². The van der Waals surface area contributed by atoms with E-state index in [-0.39, 0.29) is 0 Å². The zero-order chi connectivity index (χ0) is 15.0. The standard InChI is InChI=1S/C15H17N5O/c1-8-4-11-13(19-20-15(11)17-5-8)10(3)18-14(16)12-7-21-6-9(12)2/h4-5H,3,6-7H2,1-2H3,(H2,16,18)(H,17,19,20). The van der Waals surface area contributed by atoms with Gasteiger partial charge in [-0.2, -0.15) is 5.10 Å². The molecular formula is C15H17N5O. The number of aliphatic imine (C=N–C) groups is 1. The number of nitrogens with one attached hydrogen (secondary N) is 1. The first-order valence-electron chi connectivity index (χ1n) is 6.67. The summed E-state index contributed by atoms with van der Waals surface area (Å²) >= 11 is 0. The van der Waals surface area contributed by atoms with Crippen molar-refractivity contribution in [1.82, 2.24) is 15.2 Å². The smallest absolute Gasteiger partial charge is 0.155 e. The van der Waals surface area contributed by atoms with Crippen molar-refractivity contribution < 1.29 is 4.74 Å². The van der Waals surface area contributed by atoms with E-state index in [9.17, 15) is 0 Å². The Labute approximate surface area is 122 Å². The van der Waals surface area contributed by atoms with E-state index in [4.69, 9.17) is 10.5 Å². The molecule has 0 saturated heterocycles. The normalized spacial score (nSPS) is 16.0. The molecule has 0 bridgehead atoms. The van der Waals surface area contributed by atoms with Crippen LogP contribution in [0.4, 0.5) is 0 Å². The topological polar surface area (TPSA) is 89.2 Å². The summed E-state index contributed by atoms with van der Waals surface area (Å²) in [4.78, 5) is 8.67. The van der Waals surface area contributed by atoms with Gasteiger partial charge in [0.1, 0.15) is 11.5 Å². The van der Waals surface area contributed by atoms with Crippen LogP contribution in [0.5, 0.6) is 0 Å². The molecule has 0 fully saturated rings. The van der Waals surface area contributed by atoms with Gasteiger partial charge in [0.05, 0.1) is 18.9 Å². The van der Waals surface area contributed by atoms with E-state index in [2.05, 4.69) is 26.8 Å². The second-order valence-corrected chi connectivity index (χ2v) is 5.18. The fourth-order valence-corrected chi connectivity index (χ4v) is 2.30. The average molecular weight is 283 g/mol. The lowest BCUT2D eigenvalue weighted by Gasteiger charge is -2.03. The molecule has 108 valence electrons. The summed E-state index contributed by atoms with van der Waals surface area (Å²) in [5.74, 6) is 0.437. The molecule has 0 spiro atoms. The molecule has 1 aliphatic rings. The van der Waals surface area contributed by atoms with Crippen LogP contribution in [-0.2, 0) is 4.74 Å². The Morgan fingerprint density at radius 3 is 2.95 bits per heavy atom. The van der Waals surface area contributed by atoms with Gasteiger partial charge in [0.15, 0.2) is 5.65 Å². The third-order valence-corrected chi connectivity index (χ3v) is 3.47. The molecule has 1 aliphatic heterocycles. The van der Waals surface area contributed by atoms with E-state index in [1.165, 1.54) is 0 Å². The lowest BCUT2D eigenvalue weighted by Crippen LogP contribution is -2.17. The van der Waals surface area contributed by atoms with Crippen molar-refractivity contribution >= 4 is 22.6 Å². The molecule has 2 aromatic heterocycles. The lowest BCUT2D eigenvalue weighted by molar-refractivity contribution is 0.206. The zero-order valence-corrected chi connectivity index (χ0v) is 12.1. The highest BCUT2D eigenvalue weighted by Crippen LogP contribution is 2.23. The monoisotopic (exact) mass is 283 g/mol. The van der Waals surface area contributed by atoms with Crippen molar-refractivity contribution in [3.63, 3.8) is 0 Å². The fourth-order valence-electron chi connectivity index (χ4n) is 2.30. The van der Waals surface area contributed by atoms with Gasteiger partial charge in [-0.1, -0.05) is 6.58 Å². The van der Waals surface area contributed by atoms with E-state index in [1.807, 2.05) is 19.9 Å². The van der Waals surface area contributed by atoms with Crippen LogP contribution < -0.4 is 5.73 Å². The molecule has 0 aliphatic carbocycles. The van der Waals surface area contributed by atoms with Crippen molar-refractivity contribution in [2.24, 2.45) is 10.7 Å². The number of rotatable bonds is 3. The van der Waals surface area contributed by atoms with Gasteiger partial charge in [-0.15, -0.1) is 0 Å². The maximum Gasteiger partial charge on any atom is 0.155 e. The first kappa shape index (κ1) is 13.5. The number of fused-ring (bicyclic) bond motifs is 1. The fraction of sp³-hybridized carbons (Fsp3) is 0.267. The number of aromatic amines is 1. The van der Waals surface area contributed by atoms with Crippen LogP contribution >= 0.6 is 0 Å². The van der Waals surface area contributed by atoms with E-state index < -0.39 is 0 Å². The Morgan fingerprint density at radius 1 is 1.43 bits per heavy atom. The van der Waals surface area contributed by atoms with E-state index in [0.717, 1.165) is 22.1 Å². The van der Waals surface area contributed by atoms with Crippen LogP contribution in [0.2, 0.25) is 0 Å². The number of hydrogen-bond acceptors (Lipinski definition) is 4. The summed E-state index contributed by atoms with van der Waals surface area (Å²) in [5, 5.41) is 8.01. The number of pyridine rings is 1. The van der Waals surface area contributed by atoms with Gasteiger partial charge in [0.2, 0.25) is 0 Å². The molecule has 3 N–H and O–H groups in total. The van der Waals surface area contributed by atoms with Gasteiger partial charge in [-0.3, -0.25) is 5.10 Å². The van der Waals surface area contributed by atoms with Gasteiger partial charge in [0, 0.05) is 17.2 Å². The minimum absolute atomic E-state index is 0.437. The number of ether oxygens (including phenoxy) is 1. The van der Waals surface area contributed by atoms with E-state index in [0.29, 0.717) is 36.1 Å². The SMILES string of the molecule is C=C(/N=C(/N)C1=C(C)COC1)c1n[nH]c2ncc(C)cc12. The Balaban J connectivity index is 1.97. The summed E-state index contributed by atoms with van der Waals surface area (Å²) in [6.45, 7) is 9.04. The average Bonchev–Trinajstić information content (AvgIpc) is 3.04. The summed E-state index contributed by atoms with van der Waals surface area (Å²) < 4.78 is 5.35. The summed E-state index contributed by atoms with van der Waals surface area (Å²) in [5.41, 5.74) is 11.0. The molecular weight excluding hydrogens is 266 g/mol.